The Hall–Kier alpha value is -1.42. The first-order valence-electron chi connectivity index (χ1n) is 9.63. The number of benzene rings is 1. The van der Waals surface area contributed by atoms with Crippen LogP contribution in [0, 0.1) is 10.1 Å². The van der Waals surface area contributed by atoms with E-state index in [9.17, 15) is 10.1 Å². The first-order chi connectivity index (χ1) is 11.7. The SMILES string of the molecule is CCCCCCCN(CCC)CCCCc1ccc([N+](=O)[O-])cc1. The van der Waals surface area contributed by atoms with Gasteiger partial charge in [0.2, 0.25) is 0 Å². The summed E-state index contributed by atoms with van der Waals surface area (Å²) in [5.41, 5.74) is 1.37. The Labute approximate surface area is 147 Å². The summed E-state index contributed by atoms with van der Waals surface area (Å²) in [5, 5.41) is 10.7. The van der Waals surface area contributed by atoms with Gasteiger partial charge in [0.15, 0.2) is 0 Å². The summed E-state index contributed by atoms with van der Waals surface area (Å²) >= 11 is 0. The number of nitro benzene ring substituents is 1. The van der Waals surface area contributed by atoms with Gasteiger partial charge >= 0.3 is 0 Å². The highest BCUT2D eigenvalue weighted by Crippen LogP contribution is 2.14. The molecule has 0 bridgehead atoms. The lowest BCUT2D eigenvalue weighted by molar-refractivity contribution is -0.384. The van der Waals surface area contributed by atoms with Gasteiger partial charge in [0.1, 0.15) is 0 Å². The molecule has 0 atom stereocenters. The fraction of sp³-hybridized carbons (Fsp3) is 0.700. The molecule has 0 aliphatic rings. The number of nitro groups is 1. The summed E-state index contributed by atoms with van der Waals surface area (Å²) in [7, 11) is 0. The van der Waals surface area contributed by atoms with E-state index < -0.39 is 0 Å². The predicted molar refractivity (Wildman–Crippen MR) is 102 cm³/mol. The molecule has 0 N–H and O–H groups in total. The molecular formula is C20H34N2O2. The smallest absolute Gasteiger partial charge is 0.269 e. The molecule has 0 aromatic heterocycles. The van der Waals surface area contributed by atoms with Gasteiger partial charge in [-0.2, -0.15) is 0 Å². The average Bonchev–Trinajstić information content (AvgIpc) is 2.58. The van der Waals surface area contributed by atoms with Gasteiger partial charge in [-0.3, -0.25) is 10.1 Å². The van der Waals surface area contributed by atoms with E-state index in [1.807, 2.05) is 12.1 Å². The predicted octanol–water partition coefficient (Wildman–Crippen LogP) is 5.60. The van der Waals surface area contributed by atoms with Crippen LogP contribution in [0.15, 0.2) is 24.3 Å². The maximum absolute atomic E-state index is 10.7. The van der Waals surface area contributed by atoms with Crippen molar-refractivity contribution in [3.8, 4) is 0 Å². The van der Waals surface area contributed by atoms with Crippen LogP contribution < -0.4 is 0 Å². The van der Waals surface area contributed by atoms with Gasteiger partial charge in [0.05, 0.1) is 4.92 Å². The highest BCUT2D eigenvalue weighted by Gasteiger charge is 2.05. The molecule has 4 nitrogen and oxygen atoms in total. The Bertz CT molecular complexity index is 445. The Kier molecular flexibility index (Phi) is 11.1. The van der Waals surface area contributed by atoms with Crippen LogP contribution in [0.2, 0.25) is 0 Å². The van der Waals surface area contributed by atoms with E-state index in [0.717, 1.165) is 12.8 Å². The molecular weight excluding hydrogens is 300 g/mol. The van der Waals surface area contributed by atoms with Gasteiger partial charge in [-0.05, 0) is 57.3 Å². The average molecular weight is 335 g/mol. The van der Waals surface area contributed by atoms with E-state index in [4.69, 9.17) is 0 Å². The summed E-state index contributed by atoms with van der Waals surface area (Å²) in [6, 6.07) is 6.98. The molecule has 0 amide bonds. The van der Waals surface area contributed by atoms with Crippen molar-refractivity contribution in [2.24, 2.45) is 0 Å². The molecule has 1 aromatic carbocycles. The molecule has 0 unspecified atom stereocenters. The van der Waals surface area contributed by atoms with Crippen molar-refractivity contribution in [2.75, 3.05) is 19.6 Å². The minimum absolute atomic E-state index is 0.177. The van der Waals surface area contributed by atoms with Crippen molar-refractivity contribution >= 4 is 5.69 Å². The van der Waals surface area contributed by atoms with Crippen LogP contribution in [0.1, 0.15) is 70.8 Å². The first kappa shape index (κ1) is 20.6. The van der Waals surface area contributed by atoms with Crippen molar-refractivity contribution in [2.45, 2.75) is 71.6 Å². The van der Waals surface area contributed by atoms with E-state index in [2.05, 4.69) is 18.7 Å². The number of hydrogen-bond acceptors (Lipinski definition) is 3. The Morgan fingerprint density at radius 1 is 0.833 bits per heavy atom. The minimum Gasteiger partial charge on any atom is -0.303 e. The maximum atomic E-state index is 10.7. The van der Waals surface area contributed by atoms with E-state index in [0.29, 0.717) is 0 Å². The molecule has 0 heterocycles. The van der Waals surface area contributed by atoms with Crippen molar-refractivity contribution < 1.29 is 4.92 Å². The minimum atomic E-state index is -0.340. The Balaban J connectivity index is 2.20. The number of non-ortho nitro benzene ring substituents is 1. The van der Waals surface area contributed by atoms with E-state index in [-0.39, 0.29) is 10.6 Å². The number of nitrogens with zero attached hydrogens (tertiary/aromatic N) is 2. The van der Waals surface area contributed by atoms with Crippen LogP contribution in [0.5, 0.6) is 0 Å². The van der Waals surface area contributed by atoms with Crippen LogP contribution >= 0.6 is 0 Å². The second kappa shape index (κ2) is 12.9. The van der Waals surface area contributed by atoms with Gasteiger partial charge in [-0.1, -0.05) is 51.7 Å². The molecule has 1 aromatic rings. The molecule has 4 heteroatoms. The zero-order valence-corrected chi connectivity index (χ0v) is 15.5. The summed E-state index contributed by atoms with van der Waals surface area (Å²) in [6.07, 6.45) is 11.3. The standard InChI is InChI=1S/C20H34N2O2/c1-3-5-6-7-9-17-21(16-4-2)18-10-8-11-19-12-14-20(15-13-19)22(23)24/h12-15H,3-11,16-18H2,1-2H3. The lowest BCUT2D eigenvalue weighted by atomic mass is 10.1. The second-order valence-corrected chi connectivity index (χ2v) is 6.64. The highest BCUT2D eigenvalue weighted by molar-refractivity contribution is 5.32. The second-order valence-electron chi connectivity index (χ2n) is 6.64. The number of unbranched alkanes of at least 4 members (excludes halogenated alkanes) is 5. The Morgan fingerprint density at radius 2 is 1.46 bits per heavy atom. The number of hydrogen-bond donors (Lipinski definition) is 0. The maximum Gasteiger partial charge on any atom is 0.269 e. The molecule has 0 aliphatic carbocycles. The third-order valence-corrected chi connectivity index (χ3v) is 4.45. The van der Waals surface area contributed by atoms with Gasteiger partial charge in [-0.15, -0.1) is 0 Å². The van der Waals surface area contributed by atoms with Crippen LogP contribution in [-0.4, -0.2) is 29.5 Å². The van der Waals surface area contributed by atoms with E-state index in [1.54, 1.807) is 12.1 Å². The molecule has 136 valence electrons. The molecule has 0 spiro atoms. The van der Waals surface area contributed by atoms with E-state index in [1.165, 1.54) is 70.1 Å². The third kappa shape index (κ3) is 9.02. The van der Waals surface area contributed by atoms with Crippen molar-refractivity contribution in [1.29, 1.82) is 0 Å². The molecule has 24 heavy (non-hydrogen) atoms. The van der Waals surface area contributed by atoms with Gasteiger partial charge < -0.3 is 4.90 Å². The van der Waals surface area contributed by atoms with Crippen LogP contribution in [-0.2, 0) is 6.42 Å². The highest BCUT2D eigenvalue weighted by atomic mass is 16.6. The monoisotopic (exact) mass is 334 g/mol. The fourth-order valence-electron chi connectivity index (χ4n) is 3.04. The summed E-state index contributed by atoms with van der Waals surface area (Å²) in [4.78, 5) is 12.9. The summed E-state index contributed by atoms with van der Waals surface area (Å²) < 4.78 is 0. The largest absolute Gasteiger partial charge is 0.303 e. The molecule has 1 rings (SSSR count). The summed E-state index contributed by atoms with van der Waals surface area (Å²) in [5.74, 6) is 0. The van der Waals surface area contributed by atoms with Gasteiger partial charge in [0, 0.05) is 12.1 Å². The summed E-state index contributed by atoms with van der Waals surface area (Å²) in [6.45, 7) is 8.12. The third-order valence-electron chi connectivity index (χ3n) is 4.45. The van der Waals surface area contributed by atoms with Gasteiger partial charge in [0.25, 0.3) is 5.69 Å². The fourth-order valence-corrected chi connectivity index (χ4v) is 3.04. The molecule has 0 radical (unpaired) electrons. The molecule has 0 aliphatic heterocycles. The van der Waals surface area contributed by atoms with Crippen molar-refractivity contribution in [3.05, 3.63) is 39.9 Å². The zero-order valence-electron chi connectivity index (χ0n) is 15.5. The van der Waals surface area contributed by atoms with Crippen LogP contribution in [0.25, 0.3) is 0 Å². The Morgan fingerprint density at radius 3 is 2.04 bits per heavy atom. The van der Waals surface area contributed by atoms with Gasteiger partial charge in [-0.25, -0.2) is 0 Å². The number of aryl methyl sites for hydroxylation is 1. The molecule has 0 fully saturated rings. The van der Waals surface area contributed by atoms with Crippen LogP contribution in [0.3, 0.4) is 0 Å². The topological polar surface area (TPSA) is 46.4 Å². The molecule has 0 saturated heterocycles. The lowest BCUT2D eigenvalue weighted by Gasteiger charge is -2.21. The quantitative estimate of drug-likeness (QED) is 0.253. The van der Waals surface area contributed by atoms with E-state index >= 15 is 0 Å². The van der Waals surface area contributed by atoms with Crippen molar-refractivity contribution in [1.82, 2.24) is 4.90 Å². The normalized spacial score (nSPS) is 11.1. The number of rotatable bonds is 14. The van der Waals surface area contributed by atoms with Crippen molar-refractivity contribution in [3.63, 3.8) is 0 Å². The molecule has 0 saturated carbocycles. The zero-order chi connectivity index (χ0) is 17.6. The van der Waals surface area contributed by atoms with Crippen LogP contribution in [0.4, 0.5) is 5.69 Å². The first-order valence-corrected chi connectivity index (χ1v) is 9.63. The lowest BCUT2D eigenvalue weighted by Crippen LogP contribution is -2.27.